The maximum absolute atomic E-state index is 5.83. The molecule has 0 aliphatic rings. The van der Waals surface area contributed by atoms with Gasteiger partial charge in [0, 0.05) is 22.8 Å². The van der Waals surface area contributed by atoms with Gasteiger partial charge >= 0.3 is 0 Å². The third-order valence-corrected chi connectivity index (χ3v) is 3.41. The van der Waals surface area contributed by atoms with E-state index in [2.05, 4.69) is 20.0 Å². The second-order valence-electron chi connectivity index (χ2n) is 3.84. The van der Waals surface area contributed by atoms with E-state index in [4.69, 9.17) is 11.5 Å². The average molecular weight is 274 g/mol. The van der Waals surface area contributed by atoms with Crippen LogP contribution in [0.15, 0.2) is 34.5 Å². The number of aliphatic imine (C=N–C) groups is 2. The molecular weight excluding hydrogens is 260 g/mol. The van der Waals surface area contributed by atoms with E-state index in [1.54, 1.807) is 24.5 Å². The van der Waals surface area contributed by atoms with Crippen molar-refractivity contribution in [2.75, 3.05) is 0 Å². The van der Waals surface area contributed by atoms with Gasteiger partial charge in [-0.15, -0.1) is 0 Å². The largest absolute Gasteiger partial charge is 0.383 e. The van der Waals surface area contributed by atoms with Crippen LogP contribution in [0.25, 0.3) is 0 Å². The zero-order valence-electron chi connectivity index (χ0n) is 10.7. The number of hydrogen-bond acceptors (Lipinski definition) is 4. The lowest BCUT2D eigenvalue weighted by molar-refractivity contribution is 1.21. The number of hydrogen-bond donors (Lipinski definition) is 2. The van der Waals surface area contributed by atoms with E-state index in [0.29, 0.717) is 11.0 Å². The van der Waals surface area contributed by atoms with Gasteiger partial charge < -0.3 is 11.5 Å². The molecule has 19 heavy (non-hydrogen) atoms. The molecular formula is C12H14N6S. The first-order valence-corrected chi connectivity index (χ1v) is 6.40. The monoisotopic (exact) mass is 274 g/mol. The van der Waals surface area contributed by atoms with E-state index in [9.17, 15) is 0 Å². The van der Waals surface area contributed by atoms with E-state index < -0.39 is 0 Å². The molecule has 0 bridgehead atoms. The summed E-state index contributed by atoms with van der Waals surface area (Å²) in [7, 11) is 0. The van der Waals surface area contributed by atoms with Gasteiger partial charge in [0.25, 0.3) is 0 Å². The molecule has 0 saturated heterocycles. The predicted molar refractivity (Wildman–Crippen MR) is 77.8 cm³/mol. The molecule has 2 heterocycles. The lowest BCUT2D eigenvalue weighted by Crippen LogP contribution is -2.19. The predicted octanol–water partition coefficient (Wildman–Crippen LogP) is 1.51. The van der Waals surface area contributed by atoms with Gasteiger partial charge in [-0.2, -0.15) is 9.98 Å². The molecule has 6 nitrogen and oxygen atoms in total. The van der Waals surface area contributed by atoms with Crippen molar-refractivity contribution in [3.8, 4) is 0 Å². The van der Waals surface area contributed by atoms with Crippen LogP contribution in [-0.4, -0.2) is 21.8 Å². The number of guanidine groups is 1. The maximum atomic E-state index is 5.83. The zero-order chi connectivity index (χ0) is 13.8. The van der Waals surface area contributed by atoms with Crippen molar-refractivity contribution in [3.05, 3.63) is 40.7 Å². The molecule has 2 aromatic rings. The molecule has 4 N–H and O–H groups in total. The highest BCUT2D eigenvalue weighted by Crippen LogP contribution is 2.23. The Labute approximate surface area is 114 Å². The highest BCUT2D eigenvalue weighted by Gasteiger charge is 2.03. The first-order chi connectivity index (χ1) is 9.06. The minimum Gasteiger partial charge on any atom is -0.383 e. The number of aryl methyl sites for hydroxylation is 2. The fraction of sp³-hybridized carbons (Fsp3) is 0.167. The van der Waals surface area contributed by atoms with Gasteiger partial charge in [0.2, 0.25) is 11.1 Å². The number of nitrogens with two attached hydrogens (primary N) is 2. The van der Waals surface area contributed by atoms with Gasteiger partial charge in [0.1, 0.15) is 5.84 Å². The van der Waals surface area contributed by atoms with Gasteiger partial charge in [-0.05, 0) is 26.0 Å². The molecule has 0 spiro atoms. The molecule has 0 aliphatic carbocycles. The van der Waals surface area contributed by atoms with Crippen molar-refractivity contribution < 1.29 is 0 Å². The number of pyridine rings is 1. The molecule has 2 rings (SSSR count). The minimum absolute atomic E-state index is 0.0862. The first-order valence-electron chi connectivity index (χ1n) is 5.59. The van der Waals surface area contributed by atoms with Crippen LogP contribution in [0.1, 0.15) is 16.1 Å². The Bertz CT molecular complexity index is 609. The summed E-state index contributed by atoms with van der Waals surface area (Å²) in [6, 6.07) is 3.51. The van der Waals surface area contributed by atoms with Crippen molar-refractivity contribution >= 4 is 28.3 Å². The standard InChI is InChI=1S/C12H14N6S/c1-7-8(2)19-12(16-7)18-11(14)17-10(13)9-3-5-15-6-4-9/h3-6H,1-2H3,(H4,13,14,16,17,18). The van der Waals surface area contributed by atoms with Crippen LogP contribution in [0, 0.1) is 13.8 Å². The fourth-order valence-electron chi connectivity index (χ4n) is 1.34. The molecule has 2 aromatic heterocycles. The van der Waals surface area contributed by atoms with Gasteiger partial charge in [0.15, 0.2) is 0 Å². The van der Waals surface area contributed by atoms with Crippen LogP contribution in [0.4, 0.5) is 5.13 Å². The van der Waals surface area contributed by atoms with Gasteiger partial charge in [-0.3, -0.25) is 4.98 Å². The normalized spacial score (nSPS) is 12.7. The molecule has 0 saturated carbocycles. The summed E-state index contributed by atoms with van der Waals surface area (Å²) in [5, 5.41) is 0.582. The lowest BCUT2D eigenvalue weighted by atomic mass is 10.2. The van der Waals surface area contributed by atoms with Crippen LogP contribution in [0.5, 0.6) is 0 Å². The number of aromatic nitrogens is 2. The summed E-state index contributed by atoms with van der Waals surface area (Å²) in [6.07, 6.45) is 3.27. The zero-order valence-corrected chi connectivity index (χ0v) is 11.5. The molecule has 0 aliphatic heterocycles. The molecule has 0 unspecified atom stereocenters. The highest BCUT2D eigenvalue weighted by molar-refractivity contribution is 7.15. The number of rotatable bonds is 2. The van der Waals surface area contributed by atoms with Crippen molar-refractivity contribution in [1.29, 1.82) is 0 Å². The Balaban J connectivity index is 2.22. The summed E-state index contributed by atoms with van der Waals surface area (Å²) >= 11 is 1.47. The third-order valence-electron chi connectivity index (χ3n) is 2.44. The van der Waals surface area contributed by atoms with E-state index in [1.807, 2.05) is 13.8 Å². The Morgan fingerprint density at radius 3 is 2.47 bits per heavy atom. The van der Waals surface area contributed by atoms with E-state index in [1.165, 1.54) is 11.3 Å². The molecule has 7 heteroatoms. The fourth-order valence-corrected chi connectivity index (χ4v) is 2.13. The first kappa shape index (κ1) is 13.2. The summed E-state index contributed by atoms with van der Waals surface area (Å²) in [6.45, 7) is 3.91. The SMILES string of the molecule is Cc1nc(N=C(N)N=C(N)c2ccncc2)sc1C. The smallest absolute Gasteiger partial charge is 0.224 e. The molecule has 0 fully saturated rings. The van der Waals surface area contributed by atoms with Crippen LogP contribution in [0.2, 0.25) is 0 Å². The van der Waals surface area contributed by atoms with Gasteiger partial charge in [-0.1, -0.05) is 11.3 Å². The Kier molecular flexibility index (Phi) is 3.86. The van der Waals surface area contributed by atoms with Crippen LogP contribution < -0.4 is 11.5 Å². The van der Waals surface area contributed by atoms with Gasteiger partial charge in [-0.25, -0.2) is 4.98 Å². The Morgan fingerprint density at radius 1 is 1.21 bits per heavy atom. The lowest BCUT2D eigenvalue weighted by Gasteiger charge is -1.99. The Morgan fingerprint density at radius 2 is 1.89 bits per heavy atom. The topological polar surface area (TPSA) is 103 Å². The second-order valence-corrected chi connectivity index (χ2v) is 5.02. The quantitative estimate of drug-likeness (QED) is 0.640. The summed E-state index contributed by atoms with van der Waals surface area (Å²) in [4.78, 5) is 17.4. The molecule has 0 amide bonds. The van der Waals surface area contributed by atoms with E-state index in [0.717, 1.165) is 16.1 Å². The maximum Gasteiger partial charge on any atom is 0.224 e. The van der Waals surface area contributed by atoms with Crippen molar-refractivity contribution in [1.82, 2.24) is 9.97 Å². The van der Waals surface area contributed by atoms with Crippen LogP contribution >= 0.6 is 11.3 Å². The van der Waals surface area contributed by atoms with E-state index >= 15 is 0 Å². The minimum atomic E-state index is 0.0862. The number of nitrogens with zero attached hydrogens (tertiary/aromatic N) is 4. The molecule has 0 aromatic carbocycles. The number of amidine groups is 1. The molecule has 98 valence electrons. The number of thiazole rings is 1. The average Bonchev–Trinajstić information content (AvgIpc) is 2.69. The van der Waals surface area contributed by atoms with Crippen molar-refractivity contribution in [3.63, 3.8) is 0 Å². The Hall–Kier alpha value is -2.28. The van der Waals surface area contributed by atoms with Crippen LogP contribution in [-0.2, 0) is 0 Å². The molecule has 0 radical (unpaired) electrons. The third kappa shape index (κ3) is 3.35. The molecule has 0 atom stereocenters. The summed E-state index contributed by atoms with van der Waals surface area (Å²) < 4.78 is 0. The van der Waals surface area contributed by atoms with E-state index in [-0.39, 0.29) is 5.96 Å². The summed E-state index contributed by atoms with van der Waals surface area (Å²) in [5.41, 5.74) is 13.3. The highest BCUT2D eigenvalue weighted by atomic mass is 32.1. The second kappa shape index (κ2) is 5.57. The van der Waals surface area contributed by atoms with Crippen molar-refractivity contribution in [2.24, 2.45) is 21.5 Å². The van der Waals surface area contributed by atoms with Gasteiger partial charge in [0.05, 0.1) is 5.69 Å². The summed E-state index contributed by atoms with van der Waals surface area (Å²) in [5.74, 6) is 0.386. The van der Waals surface area contributed by atoms with Crippen molar-refractivity contribution in [2.45, 2.75) is 13.8 Å². The van der Waals surface area contributed by atoms with Crippen LogP contribution in [0.3, 0.4) is 0 Å².